The van der Waals surface area contributed by atoms with Crippen LogP contribution < -0.4 is 30.2 Å². The van der Waals surface area contributed by atoms with E-state index < -0.39 is 35.6 Å². The smallest absolute Gasteiger partial charge is 0.264 e. The van der Waals surface area contributed by atoms with E-state index in [4.69, 9.17) is 14.2 Å². The molecule has 2 aliphatic rings. The number of methoxy groups -OCH3 is 1. The van der Waals surface area contributed by atoms with Crippen molar-refractivity contribution in [3.8, 4) is 17.2 Å². The first-order valence-corrected chi connectivity index (χ1v) is 18.0. The minimum Gasteiger partial charge on any atom is -0.493 e. The minimum atomic E-state index is -1.14. The number of benzene rings is 3. The zero-order chi connectivity index (χ0) is 40.6. The molecule has 3 heterocycles. The van der Waals surface area contributed by atoms with Gasteiger partial charge in [-0.3, -0.25) is 43.8 Å². The average molecular weight is 778 g/mol. The second-order valence-corrected chi connectivity index (χ2v) is 13.0. The third-order valence-corrected chi connectivity index (χ3v) is 9.05. The molecule has 17 heteroatoms. The molecule has 1 aromatic heterocycles. The van der Waals surface area contributed by atoms with Gasteiger partial charge in [-0.1, -0.05) is 29.5 Å². The summed E-state index contributed by atoms with van der Waals surface area (Å²) in [4.78, 5) is 89.0. The third kappa shape index (κ3) is 9.21. The van der Waals surface area contributed by atoms with Crippen molar-refractivity contribution in [2.75, 3.05) is 25.6 Å². The lowest BCUT2D eigenvalue weighted by molar-refractivity contribution is -0.136. The second-order valence-electron chi connectivity index (χ2n) is 13.0. The number of amides is 6. The SMILES string of the molecule is CCOc1cc(C(=O)/C=C/c2ccc(OCc3cn(CC(=O)Nc4cccc5c4C(=O)N(C4CCC(=O)NC4=O)C5=O)nn3)cc2)c(CCNC(C)=O)cc1OC. The fraction of sp³-hybridized carbons (Fsp3) is 0.275. The van der Waals surface area contributed by atoms with Crippen molar-refractivity contribution >= 4 is 53.0 Å². The summed E-state index contributed by atoms with van der Waals surface area (Å²) in [7, 11) is 1.52. The number of piperidine rings is 1. The van der Waals surface area contributed by atoms with E-state index in [1.807, 2.05) is 6.92 Å². The lowest BCUT2D eigenvalue weighted by Crippen LogP contribution is -2.54. The highest BCUT2D eigenvalue weighted by Crippen LogP contribution is 2.33. The molecule has 3 aromatic carbocycles. The number of aromatic nitrogens is 3. The predicted octanol–water partition coefficient (Wildman–Crippen LogP) is 2.88. The molecule has 1 atom stereocenters. The number of allylic oxidation sites excluding steroid dienone is 1. The summed E-state index contributed by atoms with van der Waals surface area (Å²) in [5.74, 6) is -2.15. The largest absolute Gasteiger partial charge is 0.493 e. The van der Waals surface area contributed by atoms with E-state index in [0.29, 0.717) is 53.6 Å². The number of carbonyl (C=O) groups excluding carboxylic acids is 7. The van der Waals surface area contributed by atoms with E-state index in [9.17, 15) is 33.6 Å². The van der Waals surface area contributed by atoms with Crippen LogP contribution in [-0.2, 0) is 38.8 Å². The molecule has 57 heavy (non-hydrogen) atoms. The lowest BCUT2D eigenvalue weighted by Gasteiger charge is -2.27. The highest BCUT2D eigenvalue weighted by atomic mass is 16.5. The number of anilines is 1. The molecule has 2 aliphatic heterocycles. The first-order valence-electron chi connectivity index (χ1n) is 18.0. The van der Waals surface area contributed by atoms with Crippen LogP contribution in [0.1, 0.15) is 74.6 Å². The van der Waals surface area contributed by atoms with Gasteiger partial charge in [0.2, 0.25) is 23.6 Å². The molecule has 17 nitrogen and oxygen atoms in total. The van der Waals surface area contributed by atoms with Gasteiger partial charge in [0.05, 0.1) is 36.7 Å². The highest BCUT2D eigenvalue weighted by Gasteiger charge is 2.45. The summed E-state index contributed by atoms with van der Waals surface area (Å²) >= 11 is 0. The van der Waals surface area contributed by atoms with Crippen molar-refractivity contribution in [1.29, 1.82) is 0 Å². The molecule has 0 bridgehead atoms. The molecule has 1 unspecified atom stereocenters. The number of hydrogen-bond donors (Lipinski definition) is 3. The van der Waals surface area contributed by atoms with Crippen molar-refractivity contribution in [3.63, 3.8) is 0 Å². The maximum absolute atomic E-state index is 13.3. The Morgan fingerprint density at radius 1 is 1.00 bits per heavy atom. The molecule has 1 fully saturated rings. The van der Waals surface area contributed by atoms with Crippen LogP contribution in [0.2, 0.25) is 0 Å². The number of ether oxygens (including phenoxy) is 3. The summed E-state index contributed by atoms with van der Waals surface area (Å²) in [6, 6.07) is 13.7. The second kappa shape index (κ2) is 17.5. The maximum Gasteiger partial charge on any atom is 0.264 e. The van der Waals surface area contributed by atoms with Gasteiger partial charge in [0.1, 0.15) is 30.6 Å². The van der Waals surface area contributed by atoms with Crippen molar-refractivity contribution in [3.05, 3.63) is 100 Å². The zero-order valence-electron chi connectivity index (χ0n) is 31.3. The normalized spacial score (nSPS) is 15.0. The van der Waals surface area contributed by atoms with Gasteiger partial charge in [0.25, 0.3) is 11.8 Å². The fourth-order valence-electron chi connectivity index (χ4n) is 6.37. The Balaban J connectivity index is 1.03. The maximum atomic E-state index is 13.3. The minimum absolute atomic E-state index is 0.00884. The fourth-order valence-corrected chi connectivity index (χ4v) is 6.37. The molecule has 6 amide bonds. The zero-order valence-corrected chi connectivity index (χ0v) is 31.3. The Labute approximate surface area is 326 Å². The number of fused-ring (bicyclic) bond motifs is 1. The Kier molecular flexibility index (Phi) is 12.2. The van der Waals surface area contributed by atoms with Gasteiger partial charge in [0.15, 0.2) is 17.3 Å². The molecule has 0 radical (unpaired) electrons. The standard InChI is InChI=1S/C40H39N7O10/c1-4-56-34-19-29(25(18-33(34)55-3)16-17-41-23(2)48)32(49)14-10-24-8-11-27(12-9-24)57-22-26-20-46(45-44-26)21-36(51)42-30-7-5-6-28-37(30)40(54)47(39(28)53)31-13-15-35(50)43-38(31)52/h5-12,14,18-20,31H,4,13,15-17,21-22H2,1-3H3,(H,41,48)(H,42,51)(H,43,50,52)/b14-10+. The average Bonchev–Trinajstić information content (AvgIpc) is 3.74. The quantitative estimate of drug-likeness (QED) is 0.0851. The van der Waals surface area contributed by atoms with Crippen molar-refractivity contribution in [2.24, 2.45) is 0 Å². The number of nitrogens with one attached hydrogen (secondary N) is 3. The van der Waals surface area contributed by atoms with E-state index in [-0.39, 0.29) is 54.5 Å². The van der Waals surface area contributed by atoms with Crippen LogP contribution in [0, 0.1) is 0 Å². The van der Waals surface area contributed by atoms with E-state index in [1.165, 1.54) is 49.2 Å². The van der Waals surface area contributed by atoms with Gasteiger partial charge >= 0.3 is 0 Å². The lowest BCUT2D eigenvalue weighted by atomic mass is 9.99. The summed E-state index contributed by atoms with van der Waals surface area (Å²) in [6.45, 7) is 3.77. The predicted molar refractivity (Wildman–Crippen MR) is 202 cm³/mol. The molecular weight excluding hydrogens is 738 g/mol. The van der Waals surface area contributed by atoms with E-state index in [0.717, 1.165) is 10.5 Å². The van der Waals surface area contributed by atoms with Crippen LogP contribution in [0.25, 0.3) is 6.08 Å². The molecule has 3 N–H and O–H groups in total. The molecule has 0 saturated carbocycles. The number of hydrogen-bond acceptors (Lipinski definition) is 12. The third-order valence-electron chi connectivity index (χ3n) is 9.05. The molecule has 0 aliphatic carbocycles. The number of ketones is 1. The summed E-state index contributed by atoms with van der Waals surface area (Å²) in [5, 5.41) is 15.6. The van der Waals surface area contributed by atoms with E-state index >= 15 is 0 Å². The number of imide groups is 2. The Bertz CT molecular complexity index is 2280. The van der Waals surface area contributed by atoms with Crippen molar-refractivity contribution in [2.45, 2.75) is 52.3 Å². The van der Waals surface area contributed by atoms with Crippen LogP contribution in [0.15, 0.2) is 66.9 Å². The van der Waals surface area contributed by atoms with Crippen molar-refractivity contribution in [1.82, 2.24) is 30.5 Å². The topological polar surface area (TPSA) is 217 Å². The summed E-state index contributed by atoms with van der Waals surface area (Å²) < 4.78 is 18.3. The van der Waals surface area contributed by atoms with Crippen LogP contribution in [0.5, 0.6) is 17.2 Å². The van der Waals surface area contributed by atoms with Gasteiger partial charge < -0.3 is 24.8 Å². The van der Waals surface area contributed by atoms with Crippen LogP contribution in [0.3, 0.4) is 0 Å². The Morgan fingerprint density at radius 3 is 2.51 bits per heavy atom. The molecule has 6 rings (SSSR count). The molecule has 1 saturated heterocycles. The van der Waals surface area contributed by atoms with Gasteiger partial charge in [-0.05, 0) is 73.4 Å². The van der Waals surface area contributed by atoms with E-state index in [1.54, 1.807) is 42.5 Å². The van der Waals surface area contributed by atoms with Crippen LogP contribution in [-0.4, -0.2) is 87.4 Å². The first-order chi connectivity index (χ1) is 27.4. The van der Waals surface area contributed by atoms with Gasteiger partial charge in [0, 0.05) is 25.5 Å². The monoisotopic (exact) mass is 777 g/mol. The molecular formula is C40H39N7O10. The van der Waals surface area contributed by atoms with Crippen LogP contribution in [0.4, 0.5) is 5.69 Å². The number of nitrogens with zero attached hydrogens (tertiary/aromatic N) is 4. The Morgan fingerprint density at radius 2 is 1.79 bits per heavy atom. The highest BCUT2D eigenvalue weighted by molar-refractivity contribution is 6.26. The summed E-state index contributed by atoms with van der Waals surface area (Å²) in [6.07, 6.45) is 5.08. The Hall–Kier alpha value is -7.17. The van der Waals surface area contributed by atoms with Crippen LogP contribution >= 0.6 is 0 Å². The molecule has 0 spiro atoms. The summed E-state index contributed by atoms with van der Waals surface area (Å²) in [5.41, 5.74) is 2.39. The number of carbonyl (C=O) groups is 7. The van der Waals surface area contributed by atoms with E-state index in [2.05, 4.69) is 26.3 Å². The first kappa shape index (κ1) is 39.5. The number of rotatable bonds is 16. The molecule has 4 aromatic rings. The molecule has 294 valence electrons. The van der Waals surface area contributed by atoms with Gasteiger partial charge in [-0.25, -0.2) is 4.68 Å². The van der Waals surface area contributed by atoms with Crippen molar-refractivity contribution < 1.29 is 47.8 Å². The van der Waals surface area contributed by atoms with Gasteiger partial charge in [-0.15, -0.1) is 5.10 Å². The van der Waals surface area contributed by atoms with Gasteiger partial charge in [-0.2, -0.15) is 0 Å².